The Morgan fingerprint density at radius 1 is 0.319 bits per heavy atom. The highest BCUT2D eigenvalue weighted by atomic mass is 16.6. The van der Waals surface area contributed by atoms with Crippen LogP contribution in [0.5, 0.6) is 0 Å². The largest absolute Gasteiger partial charge is 0.462 e. The molecular formula is C63H104O6. The van der Waals surface area contributed by atoms with E-state index in [2.05, 4.69) is 75.5 Å². The summed E-state index contributed by atoms with van der Waals surface area (Å²) in [5, 5.41) is 0. The molecule has 0 saturated heterocycles. The molecule has 0 aromatic carbocycles. The van der Waals surface area contributed by atoms with Crippen molar-refractivity contribution < 1.29 is 28.6 Å². The molecule has 0 rings (SSSR count). The first-order valence-corrected chi connectivity index (χ1v) is 28.5. The Labute approximate surface area is 425 Å². The lowest BCUT2D eigenvalue weighted by Crippen LogP contribution is -2.30. The molecule has 0 amide bonds. The van der Waals surface area contributed by atoms with Gasteiger partial charge in [0, 0.05) is 19.3 Å². The van der Waals surface area contributed by atoms with Crippen LogP contribution in [0.1, 0.15) is 252 Å². The third kappa shape index (κ3) is 54.9. The van der Waals surface area contributed by atoms with Gasteiger partial charge in [-0.25, -0.2) is 0 Å². The van der Waals surface area contributed by atoms with Gasteiger partial charge in [-0.2, -0.15) is 0 Å². The molecule has 6 nitrogen and oxygen atoms in total. The summed E-state index contributed by atoms with van der Waals surface area (Å²) in [6.07, 6.45) is 76.6. The van der Waals surface area contributed by atoms with Gasteiger partial charge in [0.25, 0.3) is 0 Å². The van der Waals surface area contributed by atoms with Crippen molar-refractivity contribution in [1.82, 2.24) is 0 Å². The van der Waals surface area contributed by atoms with Crippen molar-refractivity contribution in [2.24, 2.45) is 0 Å². The number of hydrogen-bond donors (Lipinski definition) is 0. The van der Waals surface area contributed by atoms with Gasteiger partial charge in [-0.05, 0) is 89.9 Å². The van der Waals surface area contributed by atoms with E-state index in [1.54, 1.807) is 0 Å². The fourth-order valence-electron chi connectivity index (χ4n) is 7.66. The molecule has 0 N–H and O–H groups in total. The molecule has 1 unspecified atom stereocenters. The highest BCUT2D eigenvalue weighted by Gasteiger charge is 2.19. The Bertz CT molecular complexity index is 1420. The first kappa shape index (κ1) is 65.1. The smallest absolute Gasteiger partial charge is 0.306 e. The van der Waals surface area contributed by atoms with Gasteiger partial charge in [-0.15, -0.1) is 0 Å². The molecule has 0 fully saturated rings. The Morgan fingerprint density at radius 3 is 1.12 bits per heavy atom. The normalized spacial score (nSPS) is 12.9. The number of ether oxygens (including phenoxy) is 3. The standard InChI is InChI=1S/C63H104O6/c1-4-7-10-13-16-19-22-25-27-29-31-33-35-38-41-44-47-50-53-56-62(65)68-59-60(58-67-61(64)55-52-49-46-43-40-37-24-21-18-15-12-9-6-3)69-63(66)57-54-51-48-45-42-39-36-34-32-30-28-26-23-20-17-14-11-8-5-2/h7,9-10,12,15-16,18-19,21,24-25,27,30,32,37,40,43,46,60H,4-6,8,11,13-14,17,20,22-23,26,28-29,31,33-36,38-39,41-42,44-45,47-59H2,1-3H3/b10-7+,12-9+,18-15+,19-16+,24-21+,27-25+,32-30+,40-37+,46-43+. The molecule has 0 aromatic heterocycles. The van der Waals surface area contributed by atoms with Crippen LogP contribution in [0.25, 0.3) is 0 Å². The number of rotatable bonds is 50. The van der Waals surface area contributed by atoms with Gasteiger partial charge in [0.15, 0.2) is 6.10 Å². The van der Waals surface area contributed by atoms with Crippen molar-refractivity contribution in [2.45, 2.75) is 258 Å². The lowest BCUT2D eigenvalue weighted by molar-refractivity contribution is -0.167. The summed E-state index contributed by atoms with van der Waals surface area (Å²) in [6, 6.07) is 0. The monoisotopic (exact) mass is 957 g/mol. The maximum Gasteiger partial charge on any atom is 0.306 e. The van der Waals surface area contributed by atoms with Gasteiger partial charge < -0.3 is 14.2 Å². The Kier molecular flexibility index (Phi) is 53.4. The fraction of sp³-hybridized carbons (Fsp3) is 0.667. The van der Waals surface area contributed by atoms with Crippen molar-refractivity contribution in [2.75, 3.05) is 13.2 Å². The molecule has 0 radical (unpaired) electrons. The predicted molar refractivity (Wildman–Crippen MR) is 297 cm³/mol. The van der Waals surface area contributed by atoms with E-state index in [9.17, 15) is 14.4 Å². The predicted octanol–water partition coefficient (Wildman–Crippen LogP) is 19.1. The molecule has 392 valence electrons. The third-order valence-electron chi connectivity index (χ3n) is 11.9. The maximum absolute atomic E-state index is 12.9. The third-order valence-corrected chi connectivity index (χ3v) is 11.9. The second-order valence-electron chi connectivity index (χ2n) is 18.6. The Morgan fingerprint density at radius 2 is 0.652 bits per heavy atom. The highest BCUT2D eigenvalue weighted by molar-refractivity contribution is 5.71. The van der Waals surface area contributed by atoms with E-state index in [-0.39, 0.29) is 37.5 Å². The number of carbonyl (C=O) groups is 3. The molecule has 0 spiro atoms. The lowest BCUT2D eigenvalue weighted by Gasteiger charge is -2.18. The molecule has 0 aliphatic rings. The van der Waals surface area contributed by atoms with Gasteiger partial charge in [-0.3, -0.25) is 14.4 Å². The topological polar surface area (TPSA) is 78.9 Å². The van der Waals surface area contributed by atoms with E-state index in [0.29, 0.717) is 19.3 Å². The number of allylic oxidation sites excluding steroid dienone is 18. The molecular weight excluding hydrogens is 853 g/mol. The molecule has 69 heavy (non-hydrogen) atoms. The second-order valence-corrected chi connectivity index (χ2v) is 18.6. The molecule has 0 aliphatic heterocycles. The summed E-state index contributed by atoms with van der Waals surface area (Å²) < 4.78 is 16.8. The summed E-state index contributed by atoms with van der Waals surface area (Å²) >= 11 is 0. The van der Waals surface area contributed by atoms with Gasteiger partial charge in [0.05, 0.1) is 0 Å². The molecule has 0 saturated carbocycles. The number of hydrogen-bond acceptors (Lipinski definition) is 6. The molecule has 0 aromatic rings. The zero-order valence-electron chi connectivity index (χ0n) is 44.8. The van der Waals surface area contributed by atoms with Crippen LogP contribution in [0.2, 0.25) is 0 Å². The summed E-state index contributed by atoms with van der Waals surface area (Å²) in [5.41, 5.74) is 0. The first-order chi connectivity index (χ1) is 34.0. The quantitative estimate of drug-likeness (QED) is 0.0199. The van der Waals surface area contributed by atoms with E-state index < -0.39 is 6.10 Å². The Balaban J connectivity index is 4.45. The van der Waals surface area contributed by atoms with Crippen LogP contribution in [-0.2, 0) is 28.6 Å². The zero-order valence-corrected chi connectivity index (χ0v) is 44.8. The molecule has 0 heterocycles. The summed E-state index contributed by atoms with van der Waals surface area (Å²) in [4.78, 5) is 38.1. The minimum Gasteiger partial charge on any atom is -0.462 e. The molecule has 0 aliphatic carbocycles. The maximum atomic E-state index is 12.9. The molecule has 6 heteroatoms. The number of esters is 3. The van der Waals surface area contributed by atoms with Crippen LogP contribution >= 0.6 is 0 Å². The van der Waals surface area contributed by atoms with Gasteiger partial charge in [0.2, 0.25) is 0 Å². The van der Waals surface area contributed by atoms with Crippen molar-refractivity contribution >= 4 is 17.9 Å². The van der Waals surface area contributed by atoms with Gasteiger partial charge in [0.1, 0.15) is 13.2 Å². The second kappa shape index (κ2) is 56.7. The van der Waals surface area contributed by atoms with Gasteiger partial charge in [-0.1, -0.05) is 252 Å². The molecule has 0 bridgehead atoms. The van der Waals surface area contributed by atoms with E-state index >= 15 is 0 Å². The highest BCUT2D eigenvalue weighted by Crippen LogP contribution is 2.15. The number of unbranched alkanes of at least 4 members (excludes halogenated alkanes) is 25. The van der Waals surface area contributed by atoms with Crippen LogP contribution in [0.3, 0.4) is 0 Å². The average molecular weight is 958 g/mol. The van der Waals surface area contributed by atoms with E-state index in [4.69, 9.17) is 14.2 Å². The lowest BCUT2D eigenvalue weighted by atomic mass is 10.1. The van der Waals surface area contributed by atoms with Crippen molar-refractivity contribution in [3.63, 3.8) is 0 Å². The summed E-state index contributed by atoms with van der Waals surface area (Å²) in [7, 11) is 0. The Hall–Kier alpha value is -3.93. The van der Waals surface area contributed by atoms with E-state index in [1.165, 1.54) is 135 Å². The number of carbonyl (C=O) groups excluding carboxylic acids is 3. The van der Waals surface area contributed by atoms with Crippen molar-refractivity contribution in [1.29, 1.82) is 0 Å². The fourth-order valence-corrected chi connectivity index (χ4v) is 7.66. The van der Waals surface area contributed by atoms with Crippen LogP contribution in [0.4, 0.5) is 0 Å². The van der Waals surface area contributed by atoms with Gasteiger partial charge >= 0.3 is 17.9 Å². The minimum atomic E-state index is -0.813. The molecule has 1 atom stereocenters. The summed E-state index contributed by atoms with van der Waals surface area (Å²) in [5.74, 6) is -0.992. The minimum absolute atomic E-state index is 0.106. The first-order valence-electron chi connectivity index (χ1n) is 28.5. The van der Waals surface area contributed by atoms with E-state index in [1.807, 2.05) is 54.7 Å². The van der Waals surface area contributed by atoms with E-state index in [0.717, 1.165) is 70.6 Å². The summed E-state index contributed by atoms with van der Waals surface area (Å²) in [6.45, 7) is 6.32. The SMILES string of the molecule is CC/C=C/C=C/C=C/C=C/C=C/CCCC(=O)OCC(COC(=O)CCCCCCCCCCC/C=C/C/C=C/C/C=C/CC)OC(=O)CCCCCCCCC/C=C/CCCCCCCCCC. The van der Waals surface area contributed by atoms with Crippen LogP contribution in [0.15, 0.2) is 109 Å². The van der Waals surface area contributed by atoms with Crippen LogP contribution < -0.4 is 0 Å². The van der Waals surface area contributed by atoms with Crippen molar-refractivity contribution in [3.05, 3.63) is 109 Å². The zero-order chi connectivity index (χ0) is 50.0. The van der Waals surface area contributed by atoms with Crippen LogP contribution in [0, 0.1) is 0 Å². The van der Waals surface area contributed by atoms with Crippen molar-refractivity contribution in [3.8, 4) is 0 Å². The average Bonchev–Trinajstić information content (AvgIpc) is 3.35. The van der Waals surface area contributed by atoms with Crippen LogP contribution in [-0.4, -0.2) is 37.2 Å².